The van der Waals surface area contributed by atoms with E-state index in [4.69, 9.17) is 0 Å². The average molecular weight is 258 g/mol. The highest BCUT2D eigenvalue weighted by Crippen LogP contribution is 2.25. The topological polar surface area (TPSA) is 60.7 Å². The van der Waals surface area contributed by atoms with Crippen LogP contribution in [0.4, 0.5) is 0 Å². The predicted octanol–water partition coefficient (Wildman–Crippen LogP) is 3.35. The summed E-state index contributed by atoms with van der Waals surface area (Å²) < 4.78 is 0. The number of aryl methyl sites for hydroxylation is 1. The molecule has 2 aromatic carbocycles. The van der Waals surface area contributed by atoms with E-state index in [-0.39, 0.29) is 17.2 Å². The van der Waals surface area contributed by atoms with Crippen LogP contribution in [0.15, 0.2) is 36.4 Å². The number of hydrogen-bond acceptors (Lipinski definition) is 3. The van der Waals surface area contributed by atoms with Crippen molar-refractivity contribution in [2.75, 3.05) is 0 Å². The van der Waals surface area contributed by atoms with Crippen molar-refractivity contribution in [1.82, 2.24) is 0 Å². The molecule has 0 heterocycles. The fourth-order valence-corrected chi connectivity index (χ4v) is 2.27. The Balaban J connectivity index is 2.31. The van der Waals surface area contributed by atoms with Gasteiger partial charge in [0.05, 0.1) is 0 Å². The molecule has 3 N–H and O–H groups in total. The summed E-state index contributed by atoms with van der Waals surface area (Å²) in [5.74, 6) is 0.391. The van der Waals surface area contributed by atoms with Crippen LogP contribution in [0.25, 0.3) is 0 Å². The quantitative estimate of drug-likeness (QED) is 0.788. The standard InChI is InChI=1S/C16H18O3/c1-2-3-12-9-14(17)5-4-13(12)6-11-7-15(18)10-16(19)8-11/h4-5,7-10,17-19H,2-3,6H2,1H3. The molecule has 3 nitrogen and oxygen atoms in total. The molecule has 0 saturated heterocycles. The van der Waals surface area contributed by atoms with Gasteiger partial charge in [-0.1, -0.05) is 19.4 Å². The molecular weight excluding hydrogens is 240 g/mol. The lowest BCUT2D eigenvalue weighted by molar-refractivity contribution is 0.449. The minimum atomic E-state index is 0.0609. The van der Waals surface area contributed by atoms with E-state index in [0.717, 1.165) is 29.5 Å². The van der Waals surface area contributed by atoms with Gasteiger partial charge in [-0.15, -0.1) is 0 Å². The van der Waals surface area contributed by atoms with Crippen molar-refractivity contribution in [1.29, 1.82) is 0 Å². The second kappa shape index (κ2) is 5.65. The summed E-state index contributed by atoms with van der Waals surface area (Å²) >= 11 is 0. The van der Waals surface area contributed by atoms with Crippen molar-refractivity contribution in [3.05, 3.63) is 53.1 Å². The first-order chi connectivity index (χ1) is 9.08. The third-order valence-electron chi connectivity index (χ3n) is 3.07. The van der Waals surface area contributed by atoms with Crippen molar-refractivity contribution >= 4 is 0 Å². The molecule has 100 valence electrons. The summed E-state index contributed by atoms with van der Waals surface area (Å²) in [5.41, 5.74) is 3.05. The molecule has 0 saturated carbocycles. The predicted molar refractivity (Wildman–Crippen MR) is 74.7 cm³/mol. The number of hydrogen-bond donors (Lipinski definition) is 3. The summed E-state index contributed by atoms with van der Waals surface area (Å²) in [4.78, 5) is 0. The number of rotatable bonds is 4. The zero-order valence-electron chi connectivity index (χ0n) is 10.9. The molecule has 0 aliphatic rings. The summed E-state index contributed by atoms with van der Waals surface area (Å²) in [5, 5.41) is 28.5. The lowest BCUT2D eigenvalue weighted by Gasteiger charge is -2.10. The molecule has 0 radical (unpaired) electrons. The van der Waals surface area contributed by atoms with Gasteiger partial charge in [-0.3, -0.25) is 0 Å². The van der Waals surface area contributed by atoms with Gasteiger partial charge in [-0.25, -0.2) is 0 Å². The van der Waals surface area contributed by atoms with E-state index in [1.54, 1.807) is 24.3 Å². The maximum atomic E-state index is 9.54. The van der Waals surface area contributed by atoms with Crippen molar-refractivity contribution in [3.63, 3.8) is 0 Å². The normalized spacial score (nSPS) is 10.6. The third kappa shape index (κ3) is 3.41. The molecule has 0 aliphatic heterocycles. The number of phenols is 3. The molecule has 0 aromatic heterocycles. The fraction of sp³-hybridized carbons (Fsp3) is 0.250. The Bertz CT molecular complexity index is 556. The van der Waals surface area contributed by atoms with Crippen LogP contribution in [0.5, 0.6) is 17.2 Å². The highest BCUT2D eigenvalue weighted by molar-refractivity contribution is 5.42. The van der Waals surface area contributed by atoms with Crippen LogP contribution in [0.3, 0.4) is 0 Å². The van der Waals surface area contributed by atoms with Gasteiger partial charge in [-0.2, -0.15) is 0 Å². The van der Waals surface area contributed by atoms with Gasteiger partial charge >= 0.3 is 0 Å². The Labute approximate surface area is 112 Å². The molecule has 0 unspecified atom stereocenters. The lowest BCUT2D eigenvalue weighted by atomic mass is 9.96. The zero-order chi connectivity index (χ0) is 13.8. The van der Waals surface area contributed by atoms with Gasteiger partial charge in [-0.05, 0) is 53.8 Å². The minimum Gasteiger partial charge on any atom is -0.508 e. The third-order valence-corrected chi connectivity index (χ3v) is 3.07. The van der Waals surface area contributed by atoms with E-state index in [9.17, 15) is 15.3 Å². The van der Waals surface area contributed by atoms with Crippen LogP contribution in [0, 0.1) is 0 Å². The van der Waals surface area contributed by atoms with Crippen LogP contribution in [0.2, 0.25) is 0 Å². The molecule has 0 amide bonds. The maximum Gasteiger partial charge on any atom is 0.119 e. The van der Waals surface area contributed by atoms with E-state index in [1.165, 1.54) is 6.07 Å². The minimum absolute atomic E-state index is 0.0609. The van der Waals surface area contributed by atoms with Crippen LogP contribution in [0.1, 0.15) is 30.0 Å². The molecule has 3 heteroatoms. The van der Waals surface area contributed by atoms with Crippen LogP contribution >= 0.6 is 0 Å². The highest BCUT2D eigenvalue weighted by Gasteiger charge is 2.06. The Kier molecular flexibility index (Phi) is 3.95. The van der Waals surface area contributed by atoms with Gasteiger partial charge in [0.1, 0.15) is 17.2 Å². The van der Waals surface area contributed by atoms with Gasteiger partial charge < -0.3 is 15.3 Å². The Morgan fingerprint density at radius 2 is 1.47 bits per heavy atom. The van der Waals surface area contributed by atoms with Crippen LogP contribution in [-0.2, 0) is 12.8 Å². The highest BCUT2D eigenvalue weighted by atomic mass is 16.3. The van der Waals surface area contributed by atoms with Crippen molar-refractivity contribution in [2.45, 2.75) is 26.2 Å². The van der Waals surface area contributed by atoms with E-state index in [2.05, 4.69) is 6.92 Å². The van der Waals surface area contributed by atoms with Crippen molar-refractivity contribution in [2.24, 2.45) is 0 Å². The Morgan fingerprint density at radius 1 is 0.789 bits per heavy atom. The number of benzene rings is 2. The zero-order valence-corrected chi connectivity index (χ0v) is 10.9. The molecule has 0 aliphatic carbocycles. The van der Waals surface area contributed by atoms with Crippen molar-refractivity contribution in [3.8, 4) is 17.2 Å². The van der Waals surface area contributed by atoms with Gasteiger partial charge in [0.2, 0.25) is 0 Å². The summed E-state index contributed by atoms with van der Waals surface area (Å²) in [6.45, 7) is 2.09. The van der Waals surface area contributed by atoms with E-state index < -0.39 is 0 Å². The smallest absolute Gasteiger partial charge is 0.119 e. The van der Waals surface area contributed by atoms with Gasteiger partial charge in [0.15, 0.2) is 0 Å². The molecule has 19 heavy (non-hydrogen) atoms. The van der Waals surface area contributed by atoms with E-state index in [0.29, 0.717) is 6.42 Å². The molecule has 0 atom stereocenters. The SMILES string of the molecule is CCCc1cc(O)ccc1Cc1cc(O)cc(O)c1. The van der Waals surface area contributed by atoms with Crippen LogP contribution in [-0.4, -0.2) is 15.3 Å². The first kappa shape index (κ1) is 13.3. The van der Waals surface area contributed by atoms with E-state index in [1.807, 2.05) is 6.07 Å². The molecule has 0 spiro atoms. The van der Waals surface area contributed by atoms with Crippen LogP contribution < -0.4 is 0 Å². The van der Waals surface area contributed by atoms with Crippen molar-refractivity contribution < 1.29 is 15.3 Å². The second-order valence-corrected chi connectivity index (χ2v) is 4.74. The largest absolute Gasteiger partial charge is 0.508 e. The van der Waals surface area contributed by atoms with Gasteiger partial charge in [0, 0.05) is 6.07 Å². The lowest BCUT2D eigenvalue weighted by Crippen LogP contribution is -1.95. The molecule has 0 fully saturated rings. The monoisotopic (exact) mass is 258 g/mol. The Hall–Kier alpha value is -2.16. The Morgan fingerprint density at radius 3 is 2.11 bits per heavy atom. The molecule has 2 rings (SSSR count). The first-order valence-electron chi connectivity index (χ1n) is 6.41. The average Bonchev–Trinajstić information content (AvgIpc) is 2.32. The molecule has 0 bridgehead atoms. The second-order valence-electron chi connectivity index (χ2n) is 4.74. The first-order valence-corrected chi connectivity index (χ1v) is 6.41. The fourth-order valence-electron chi connectivity index (χ4n) is 2.27. The van der Waals surface area contributed by atoms with E-state index >= 15 is 0 Å². The number of phenolic OH excluding ortho intramolecular Hbond substituents is 3. The maximum absolute atomic E-state index is 9.54. The molecule has 2 aromatic rings. The number of aromatic hydroxyl groups is 3. The summed E-state index contributed by atoms with van der Waals surface area (Å²) in [7, 11) is 0. The van der Waals surface area contributed by atoms with Gasteiger partial charge in [0.25, 0.3) is 0 Å². The summed E-state index contributed by atoms with van der Waals surface area (Å²) in [6, 6.07) is 9.93. The molecular formula is C16H18O3. The summed E-state index contributed by atoms with van der Waals surface area (Å²) in [6.07, 6.45) is 2.52.